The summed E-state index contributed by atoms with van der Waals surface area (Å²) >= 11 is 4.91. The van der Waals surface area contributed by atoms with Crippen LogP contribution >= 0.6 is 12.2 Å². The van der Waals surface area contributed by atoms with Crippen LogP contribution in [0.15, 0.2) is 17.4 Å². The van der Waals surface area contributed by atoms with Gasteiger partial charge >= 0.3 is 0 Å². The molecule has 2 nitrogen and oxygen atoms in total. The Morgan fingerprint density at radius 3 is 3.11 bits per heavy atom. The number of thiocarbonyl (C=S) groups is 1. The van der Waals surface area contributed by atoms with Crippen molar-refractivity contribution in [1.82, 2.24) is 4.98 Å². The number of aromatic amines is 1. The monoisotopic (exact) mass is 136 g/mol. The van der Waals surface area contributed by atoms with Gasteiger partial charge < -0.3 is 4.98 Å². The predicted octanol–water partition coefficient (Wildman–Crippen LogP) is 1.12. The van der Waals surface area contributed by atoms with Crippen molar-refractivity contribution >= 4 is 23.4 Å². The highest BCUT2D eigenvalue weighted by molar-refractivity contribution is 7.80. The molecule has 0 fully saturated rings. The van der Waals surface area contributed by atoms with Gasteiger partial charge in [-0.2, -0.15) is 0 Å². The van der Waals surface area contributed by atoms with Gasteiger partial charge in [-0.1, -0.05) is 12.2 Å². The summed E-state index contributed by atoms with van der Waals surface area (Å²) in [6, 6.07) is 0. The van der Waals surface area contributed by atoms with E-state index in [0.717, 1.165) is 11.1 Å². The van der Waals surface area contributed by atoms with Crippen molar-refractivity contribution in [2.24, 2.45) is 4.99 Å². The minimum Gasteiger partial charge on any atom is -0.366 e. The van der Waals surface area contributed by atoms with E-state index in [-0.39, 0.29) is 0 Å². The highest BCUT2D eigenvalue weighted by atomic mass is 32.1. The Morgan fingerprint density at radius 1 is 1.44 bits per heavy atom. The van der Waals surface area contributed by atoms with E-state index in [1.54, 1.807) is 6.21 Å². The molecule has 1 aliphatic rings. The van der Waals surface area contributed by atoms with Crippen molar-refractivity contribution in [3.63, 3.8) is 0 Å². The topological polar surface area (TPSA) is 28.1 Å². The van der Waals surface area contributed by atoms with E-state index in [1.165, 1.54) is 0 Å². The van der Waals surface area contributed by atoms with Gasteiger partial charge in [0.1, 0.15) is 4.99 Å². The minimum absolute atomic E-state index is 0.686. The number of hydrogen-bond acceptors (Lipinski definition) is 1. The molecule has 1 N–H and O–H groups in total. The van der Waals surface area contributed by atoms with Crippen LogP contribution in [0, 0.1) is 0 Å². The van der Waals surface area contributed by atoms with Gasteiger partial charge in [0.05, 0.1) is 0 Å². The Hall–Kier alpha value is -0.960. The Labute approximate surface area is 57.6 Å². The van der Waals surface area contributed by atoms with Gasteiger partial charge in [0.25, 0.3) is 0 Å². The molecular weight excluding hydrogens is 132 g/mol. The number of aliphatic imine (C=N–C) groups is 1. The fourth-order valence-electron chi connectivity index (χ4n) is 0.866. The first kappa shape index (κ1) is 4.88. The summed E-state index contributed by atoms with van der Waals surface area (Å²) in [5, 5.41) is 0. The van der Waals surface area contributed by atoms with E-state index in [1.807, 2.05) is 12.4 Å². The molecule has 3 heteroatoms. The third-order valence-corrected chi connectivity index (χ3v) is 1.65. The predicted molar refractivity (Wildman–Crippen MR) is 40.1 cm³/mol. The summed E-state index contributed by atoms with van der Waals surface area (Å²) in [6.07, 6.45) is 5.52. The zero-order chi connectivity index (χ0) is 6.27. The largest absolute Gasteiger partial charge is 0.366 e. The molecule has 0 saturated heterocycles. The van der Waals surface area contributed by atoms with E-state index in [4.69, 9.17) is 12.2 Å². The van der Waals surface area contributed by atoms with Crippen LogP contribution in [0.1, 0.15) is 11.1 Å². The van der Waals surface area contributed by atoms with Crippen LogP contribution in [-0.4, -0.2) is 16.2 Å². The standard InChI is InChI=1S/C6H4N2S/c9-6-5-3-7-1-4(5)2-8-6/h1-3,7H. The molecule has 0 bridgehead atoms. The lowest BCUT2D eigenvalue weighted by Crippen LogP contribution is -1.83. The molecule has 0 unspecified atom stereocenters. The smallest absolute Gasteiger partial charge is 0.135 e. The molecule has 1 aliphatic heterocycles. The number of H-pyrrole nitrogens is 1. The number of rotatable bonds is 0. The molecule has 0 atom stereocenters. The third kappa shape index (κ3) is 0.549. The average Bonchev–Trinajstić information content (AvgIpc) is 2.35. The van der Waals surface area contributed by atoms with E-state index >= 15 is 0 Å². The maximum absolute atomic E-state index is 4.91. The lowest BCUT2D eigenvalue weighted by atomic mass is 10.2. The maximum Gasteiger partial charge on any atom is 0.135 e. The number of aromatic nitrogens is 1. The molecule has 0 amide bonds. The molecule has 1 aromatic rings. The normalized spacial score (nSPS) is 14.4. The summed E-state index contributed by atoms with van der Waals surface area (Å²) in [5.74, 6) is 0. The van der Waals surface area contributed by atoms with Crippen molar-refractivity contribution in [2.45, 2.75) is 0 Å². The zero-order valence-electron chi connectivity index (χ0n) is 4.59. The maximum atomic E-state index is 4.91. The van der Waals surface area contributed by atoms with Crippen LogP contribution in [0.2, 0.25) is 0 Å². The van der Waals surface area contributed by atoms with E-state index in [0.29, 0.717) is 4.99 Å². The zero-order valence-corrected chi connectivity index (χ0v) is 5.40. The highest BCUT2D eigenvalue weighted by Crippen LogP contribution is 2.13. The number of fused-ring (bicyclic) bond motifs is 1. The molecular formula is C6H4N2S. The lowest BCUT2D eigenvalue weighted by Gasteiger charge is -1.81. The number of nitrogens with zero attached hydrogens (tertiary/aromatic N) is 1. The van der Waals surface area contributed by atoms with Gasteiger partial charge in [0.15, 0.2) is 0 Å². The van der Waals surface area contributed by atoms with Crippen LogP contribution < -0.4 is 0 Å². The minimum atomic E-state index is 0.686. The molecule has 0 aromatic carbocycles. The van der Waals surface area contributed by atoms with E-state index in [9.17, 15) is 0 Å². The van der Waals surface area contributed by atoms with Gasteiger partial charge in [-0.3, -0.25) is 0 Å². The second-order valence-electron chi connectivity index (χ2n) is 1.89. The van der Waals surface area contributed by atoms with Crippen molar-refractivity contribution in [1.29, 1.82) is 0 Å². The van der Waals surface area contributed by atoms with Gasteiger partial charge in [0, 0.05) is 29.7 Å². The van der Waals surface area contributed by atoms with E-state index < -0.39 is 0 Å². The number of nitrogens with one attached hydrogen (secondary N) is 1. The summed E-state index contributed by atoms with van der Waals surface area (Å²) in [5.41, 5.74) is 2.14. The van der Waals surface area contributed by atoms with E-state index in [2.05, 4.69) is 9.98 Å². The lowest BCUT2D eigenvalue weighted by molar-refractivity contribution is 1.41. The van der Waals surface area contributed by atoms with Crippen LogP contribution in [0.5, 0.6) is 0 Å². The second-order valence-corrected chi connectivity index (χ2v) is 2.27. The van der Waals surface area contributed by atoms with Crippen molar-refractivity contribution in [2.75, 3.05) is 0 Å². The Balaban J connectivity index is 2.73. The van der Waals surface area contributed by atoms with Gasteiger partial charge in [0.2, 0.25) is 0 Å². The molecule has 0 aliphatic carbocycles. The van der Waals surface area contributed by atoms with Gasteiger partial charge in [-0.15, -0.1) is 0 Å². The quantitative estimate of drug-likeness (QED) is 0.532. The molecule has 9 heavy (non-hydrogen) atoms. The van der Waals surface area contributed by atoms with Gasteiger partial charge in [-0.05, 0) is 0 Å². The fourth-order valence-corrected chi connectivity index (χ4v) is 1.10. The molecule has 0 spiro atoms. The first-order chi connectivity index (χ1) is 4.38. The fraction of sp³-hybridized carbons (Fsp3) is 0. The van der Waals surface area contributed by atoms with Gasteiger partial charge in [-0.25, -0.2) is 4.99 Å². The molecule has 0 saturated carbocycles. The van der Waals surface area contributed by atoms with Crippen LogP contribution in [0.3, 0.4) is 0 Å². The van der Waals surface area contributed by atoms with Crippen molar-refractivity contribution < 1.29 is 0 Å². The molecule has 2 rings (SSSR count). The summed E-state index contributed by atoms with van der Waals surface area (Å²) in [7, 11) is 0. The highest BCUT2D eigenvalue weighted by Gasteiger charge is 2.10. The molecule has 44 valence electrons. The Bertz CT molecular complexity index is 285. The molecule has 0 radical (unpaired) electrons. The van der Waals surface area contributed by atoms with Crippen molar-refractivity contribution in [3.8, 4) is 0 Å². The summed E-state index contributed by atoms with van der Waals surface area (Å²) in [4.78, 5) is 7.59. The average molecular weight is 136 g/mol. The van der Waals surface area contributed by atoms with Crippen LogP contribution in [0.4, 0.5) is 0 Å². The first-order valence-electron chi connectivity index (χ1n) is 2.63. The SMILES string of the molecule is S=C1N=Cc2c[nH]cc21. The second kappa shape index (κ2) is 1.51. The Kier molecular flexibility index (Phi) is 0.818. The van der Waals surface area contributed by atoms with Crippen molar-refractivity contribution in [3.05, 3.63) is 23.5 Å². The molecule has 1 aromatic heterocycles. The first-order valence-corrected chi connectivity index (χ1v) is 3.04. The van der Waals surface area contributed by atoms with Crippen LogP contribution in [-0.2, 0) is 0 Å². The third-order valence-electron chi connectivity index (χ3n) is 1.33. The molecule has 2 heterocycles. The number of hydrogen-bond donors (Lipinski definition) is 1. The summed E-state index contributed by atoms with van der Waals surface area (Å²) < 4.78 is 0. The Morgan fingerprint density at radius 2 is 2.33 bits per heavy atom. The van der Waals surface area contributed by atoms with Crippen LogP contribution in [0.25, 0.3) is 0 Å². The summed E-state index contributed by atoms with van der Waals surface area (Å²) in [6.45, 7) is 0.